The zero-order chi connectivity index (χ0) is 18.1. The van der Waals surface area contributed by atoms with Crippen LogP contribution in [-0.4, -0.2) is 46.3 Å². The Morgan fingerprint density at radius 3 is 2.77 bits per heavy atom. The molecule has 6 heteroatoms. The molecule has 0 bridgehead atoms. The molecule has 4 rings (SSSR count). The van der Waals surface area contributed by atoms with Crippen molar-refractivity contribution in [2.75, 3.05) is 19.6 Å². The Morgan fingerprint density at radius 1 is 1.15 bits per heavy atom. The molecular formula is C20H26N4O2. The van der Waals surface area contributed by atoms with E-state index >= 15 is 0 Å². The van der Waals surface area contributed by atoms with Crippen LogP contribution >= 0.6 is 0 Å². The maximum absolute atomic E-state index is 12.8. The van der Waals surface area contributed by atoms with Crippen molar-refractivity contribution >= 4 is 16.7 Å². The van der Waals surface area contributed by atoms with Crippen LogP contribution in [0.3, 0.4) is 0 Å². The number of nitrogens with zero attached hydrogens (tertiary/aromatic N) is 3. The van der Waals surface area contributed by atoms with Crippen LogP contribution in [-0.2, 0) is 7.05 Å². The summed E-state index contributed by atoms with van der Waals surface area (Å²) in [6.07, 6.45) is 6.20. The molecule has 2 atom stereocenters. The quantitative estimate of drug-likeness (QED) is 0.915. The van der Waals surface area contributed by atoms with Crippen LogP contribution in [0.25, 0.3) is 10.8 Å². The highest BCUT2D eigenvalue weighted by Gasteiger charge is 2.33. The van der Waals surface area contributed by atoms with Gasteiger partial charge in [0.15, 0.2) is 5.69 Å². The van der Waals surface area contributed by atoms with Crippen LogP contribution in [0.2, 0.25) is 0 Å². The Morgan fingerprint density at radius 2 is 1.92 bits per heavy atom. The minimum absolute atomic E-state index is 0.178. The highest BCUT2D eigenvalue weighted by Crippen LogP contribution is 2.30. The van der Waals surface area contributed by atoms with E-state index in [1.807, 2.05) is 12.1 Å². The van der Waals surface area contributed by atoms with Crippen LogP contribution in [0, 0.1) is 5.92 Å². The highest BCUT2D eigenvalue weighted by molar-refractivity contribution is 6.04. The molecular weight excluding hydrogens is 328 g/mol. The fraction of sp³-hybridized carbons (Fsp3) is 0.550. The van der Waals surface area contributed by atoms with Gasteiger partial charge in [-0.05, 0) is 50.8 Å². The summed E-state index contributed by atoms with van der Waals surface area (Å²) >= 11 is 0. The van der Waals surface area contributed by atoms with Crippen molar-refractivity contribution in [3.05, 3.63) is 40.3 Å². The Kier molecular flexibility index (Phi) is 4.76. The first-order valence-electron chi connectivity index (χ1n) is 9.63. The van der Waals surface area contributed by atoms with E-state index in [4.69, 9.17) is 0 Å². The molecule has 2 aliphatic heterocycles. The minimum atomic E-state index is -0.190. The molecule has 2 aliphatic rings. The van der Waals surface area contributed by atoms with Gasteiger partial charge in [-0.2, -0.15) is 5.10 Å². The molecule has 0 aliphatic carbocycles. The van der Waals surface area contributed by atoms with Gasteiger partial charge in [0.2, 0.25) is 0 Å². The molecule has 2 unspecified atom stereocenters. The van der Waals surface area contributed by atoms with Gasteiger partial charge in [0.1, 0.15) is 0 Å². The molecule has 2 fully saturated rings. The SMILES string of the molecule is Cn1nc(C(=O)NCC2CCCN3CCCCC23)c2ccccc2c1=O. The molecule has 2 saturated heterocycles. The summed E-state index contributed by atoms with van der Waals surface area (Å²) in [7, 11) is 1.59. The lowest BCUT2D eigenvalue weighted by molar-refractivity contribution is 0.0575. The van der Waals surface area contributed by atoms with Crippen molar-refractivity contribution in [2.24, 2.45) is 13.0 Å². The summed E-state index contributed by atoms with van der Waals surface area (Å²) in [6, 6.07) is 7.79. The number of nitrogens with one attached hydrogen (secondary N) is 1. The number of carbonyl (C=O) groups is 1. The third kappa shape index (κ3) is 3.14. The summed E-state index contributed by atoms with van der Waals surface area (Å²) in [6.45, 7) is 3.07. The molecule has 1 N–H and O–H groups in total. The van der Waals surface area contributed by atoms with E-state index in [9.17, 15) is 9.59 Å². The number of fused-ring (bicyclic) bond motifs is 2. The Hall–Kier alpha value is -2.21. The summed E-state index contributed by atoms with van der Waals surface area (Å²) in [5, 5.41) is 8.48. The Labute approximate surface area is 153 Å². The molecule has 1 aromatic heterocycles. The molecule has 3 heterocycles. The summed E-state index contributed by atoms with van der Waals surface area (Å²) < 4.78 is 1.25. The maximum Gasteiger partial charge on any atom is 0.274 e. The van der Waals surface area contributed by atoms with Crippen LogP contribution < -0.4 is 10.9 Å². The normalized spacial score (nSPS) is 23.6. The number of amides is 1. The second-order valence-corrected chi connectivity index (χ2v) is 7.53. The maximum atomic E-state index is 12.8. The van der Waals surface area contributed by atoms with Gasteiger partial charge >= 0.3 is 0 Å². The fourth-order valence-electron chi connectivity index (χ4n) is 4.59. The van der Waals surface area contributed by atoms with Gasteiger partial charge in [-0.1, -0.05) is 24.6 Å². The van der Waals surface area contributed by atoms with Crippen LogP contribution in [0.15, 0.2) is 29.1 Å². The number of rotatable bonds is 3. The zero-order valence-electron chi connectivity index (χ0n) is 15.3. The smallest absolute Gasteiger partial charge is 0.274 e. The number of aryl methyl sites for hydroxylation is 1. The number of carbonyl (C=O) groups excluding carboxylic acids is 1. The van der Waals surface area contributed by atoms with Crippen LogP contribution in [0.4, 0.5) is 0 Å². The van der Waals surface area contributed by atoms with Gasteiger partial charge < -0.3 is 10.2 Å². The first kappa shape index (κ1) is 17.2. The number of benzene rings is 1. The van der Waals surface area contributed by atoms with Gasteiger partial charge in [-0.15, -0.1) is 0 Å². The third-order valence-electron chi connectivity index (χ3n) is 5.93. The first-order chi connectivity index (χ1) is 12.6. The van der Waals surface area contributed by atoms with Gasteiger partial charge in [-0.25, -0.2) is 4.68 Å². The van der Waals surface area contributed by atoms with E-state index in [-0.39, 0.29) is 11.5 Å². The van der Waals surface area contributed by atoms with E-state index in [2.05, 4.69) is 15.3 Å². The first-order valence-corrected chi connectivity index (χ1v) is 9.63. The van der Waals surface area contributed by atoms with E-state index in [0.29, 0.717) is 35.0 Å². The predicted octanol–water partition coefficient (Wildman–Crippen LogP) is 1.93. The predicted molar refractivity (Wildman–Crippen MR) is 101 cm³/mol. The highest BCUT2D eigenvalue weighted by atomic mass is 16.2. The van der Waals surface area contributed by atoms with E-state index in [1.54, 1.807) is 19.2 Å². The molecule has 138 valence electrons. The number of aromatic nitrogens is 2. The van der Waals surface area contributed by atoms with Crippen molar-refractivity contribution in [3.8, 4) is 0 Å². The fourth-order valence-corrected chi connectivity index (χ4v) is 4.59. The lowest BCUT2D eigenvalue weighted by atomic mass is 9.83. The summed E-state index contributed by atoms with van der Waals surface area (Å²) in [4.78, 5) is 27.7. The Balaban J connectivity index is 1.53. The molecule has 1 aromatic carbocycles. The molecule has 0 radical (unpaired) electrons. The lowest BCUT2D eigenvalue weighted by Gasteiger charge is -2.44. The number of piperidine rings is 2. The van der Waals surface area contributed by atoms with Crippen LogP contribution in [0.5, 0.6) is 0 Å². The molecule has 26 heavy (non-hydrogen) atoms. The second-order valence-electron chi connectivity index (χ2n) is 7.53. The second kappa shape index (κ2) is 7.19. The van der Waals surface area contributed by atoms with Crippen molar-refractivity contribution < 1.29 is 4.79 Å². The van der Waals surface area contributed by atoms with Crippen LogP contribution in [0.1, 0.15) is 42.6 Å². The number of hydrogen-bond donors (Lipinski definition) is 1. The van der Waals surface area contributed by atoms with E-state index < -0.39 is 0 Å². The Bertz CT molecular complexity index is 874. The van der Waals surface area contributed by atoms with Crippen molar-refractivity contribution in [3.63, 3.8) is 0 Å². The molecule has 0 spiro atoms. The van der Waals surface area contributed by atoms with Gasteiger partial charge in [0.25, 0.3) is 11.5 Å². The molecule has 2 aromatic rings. The lowest BCUT2D eigenvalue weighted by Crippen LogP contribution is -2.51. The summed E-state index contributed by atoms with van der Waals surface area (Å²) in [5.41, 5.74) is 0.154. The van der Waals surface area contributed by atoms with Gasteiger partial charge in [0, 0.05) is 25.0 Å². The molecule has 0 saturated carbocycles. The average molecular weight is 354 g/mol. The number of hydrogen-bond acceptors (Lipinski definition) is 4. The molecule has 1 amide bonds. The van der Waals surface area contributed by atoms with Crippen molar-refractivity contribution in [1.29, 1.82) is 0 Å². The standard InChI is InChI=1S/C20H26N4O2/c1-23-20(26)16-9-3-2-8-15(16)18(22-23)19(25)21-13-14-7-6-12-24-11-5-4-10-17(14)24/h2-3,8-9,14,17H,4-7,10-13H2,1H3,(H,21,25). The summed E-state index contributed by atoms with van der Waals surface area (Å²) in [5.74, 6) is 0.316. The minimum Gasteiger partial charge on any atom is -0.350 e. The molecule has 6 nitrogen and oxygen atoms in total. The zero-order valence-corrected chi connectivity index (χ0v) is 15.3. The van der Waals surface area contributed by atoms with E-state index in [1.165, 1.54) is 49.9 Å². The van der Waals surface area contributed by atoms with Crippen molar-refractivity contribution in [1.82, 2.24) is 20.0 Å². The largest absolute Gasteiger partial charge is 0.350 e. The van der Waals surface area contributed by atoms with Crippen molar-refractivity contribution in [2.45, 2.75) is 38.1 Å². The van der Waals surface area contributed by atoms with Gasteiger partial charge in [0.05, 0.1) is 5.39 Å². The van der Waals surface area contributed by atoms with Gasteiger partial charge in [-0.3, -0.25) is 9.59 Å². The topological polar surface area (TPSA) is 67.2 Å². The monoisotopic (exact) mass is 354 g/mol. The third-order valence-corrected chi connectivity index (χ3v) is 5.93. The van der Waals surface area contributed by atoms with E-state index in [0.717, 1.165) is 0 Å². The average Bonchev–Trinajstić information content (AvgIpc) is 2.69.